The summed E-state index contributed by atoms with van der Waals surface area (Å²) in [6.07, 6.45) is 0.957. The third-order valence-electron chi connectivity index (χ3n) is 4.71. The van der Waals surface area contributed by atoms with Crippen LogP contribution in [0.3, 0.4) is 0 Å². The maximum Gasteiger partial charge on any atom is 0.255 e. The van der Waals surface area contributed by atoms with Crippen molar-refractivity contribution >= 4 is 27.5 Å². The van der Waals surface area contributed by atoms with E-state index in [-0.39, 0.29) is 21.4 Å². The van der Waals surface area contributed by atoms with Crippen LogP contribution < -0.4 is 0 Å². The molecule has 28 heavy (non-hydrogen) atoms. The second-order valence-electron chi connectivity index (χ2n) is 6.56. The standard InChI is InChI=1S/C21H27ClN2O3S/c1-5-16-8-10-17(11-9-16)15-23(4)21(25)19-14-18(12-13-20(19)22)28(26,27)24(6-2)7-3/h8-14H,5-7,15H2,1-4H3. The molecule has 2 aromatic rings. The van der Waals surface area contributed by atoms with Gasteiger partial charge in [-0.25, -0.2) is 8.42 Å². The lowest BCUT2D eigenvalue weighted by molar-refractivity contribution is 0.0785. The van der Waals surface area contributed by atoms with Gasteiger partial charge in [0, 0.05) is 26.7 Å². The van der Waals surface area contributed by atoms with Crippen LogP contribution in [0.1, 0.15) is 42.3 Å². The smallest absolute Gasteiger partial charge is 0.255 e. The fourth-order valence-corrected chi connectivity index (χ4v) is 4.66. The summed E-state index contributed by atoms with van der Waals surface area (Å²) >= 11 is 6.22. The minimum absolute atomic E-state index is 0.0737. The van der Waals surface area contributed by atoms with Gasteiger partial charge in [-0.3, -0.25) is 4.79 Å². The van der Waals surface area contributed by atoms with Crippen LogP contribution in [-0.2, 0) is 23.0 Å². The van der Waals surface area contributed by atoms with E-state index in [1.807, 2.05) is 24.3 Å². The van der Waals surface area contributed by atoms with Gasteiger partial charge < -0.3 is 4.90 Å². The van der Waals surface area contributed by atoms with E-state index in [0.717, 1.165) is 12.0 Å². The van der Waals surface area contributed by atoms with Crippen molar-refractivity contribution in [2.45, 2.75) is 38.6 Å². The van der Waals surface area contributed by atoms with Gasteiger partial charge in [-0.15, -0.1) is 0 Å². The Morgan fingerprint density at radius 3 is 2.07 bits per heavy atom. The topological polar surface area (TPSA) is 57.7 Å². The summed E-state index contributed by atoms with van der Waals surface area (Å²) in [5.74, 6) is -0.318. The van der Waals surface area contributed by atoms with Gasteiger partial charge in [0.25, 0.3) is 5.91 Å². The van der Waals surface area contributed by atoms with E-state index in [1.54, 1.807) is 20.9 Å². The largest absolute Gasteiger partial charge is 0.337 e. The van der Waals surface area contributed by atoms with Gasteiger partial charge in [-0.05, 0) is 35.7 Å². The van der Waals surface area contributed by atoms with E-state index in [0.29, 0.717) is 19.6 Å². The molecule has 0 unspecified atom stereocenters. The highest BCUT2D eigenvalue weighted by Crippen LogP contribution is 2.24. The molecule has 2 rings (SSSR count). The van der Waals surface area contributed by atoms with Crippen LogP contribution >= 0.6 is 11.6 Å². The number of rotatable bonds is 8. The number of sulfonamides is 1. The van der Waals surface area contributed by atoms with E-state index in [4.69, 9.17) is 11.6 Å². The summed E-state index contributed by atoms with van der Waals surface area (Å²) in [7, 11) is -1.98. The minimum Gasteiger partial charge on any atom is -0.337 e. The molecule has 0 aromatic heterocycles. The number of hydrogen-bond acceptors (Lipinski definition) is 3. The van der Waals surface area contributed by atoms with E-state index in [2.05, 4.69) is 6.92 Å². The molecule has 2 aromatic carbocycles. The Balaban J connectivity index is 2.29. The van der Waals surface area contributed by atoms with Crippen LogP contribution in [0.2, 0.25) is 5.02 Å². The van der Waals surface area contributed by atoms with Crippen LogP contribution in [0, 0.1) is 0 Å². The number of nitrogens with zero attached hydrogens (tertiary/aromatic N) is 2. The summed E-state index contributed by atoms with van der Waals surface area (Å²) in [6.45, 7) is 6.77. The lowest BCUT2D eigenvalue weighted by atomic mass is 10.1. The van der Waals surface area contributed by atoms with Crippen molar-refractivity contribution in [1.82, 2.24) is 9.21 Å². The fraction of sp³-hybridized carbons (Fsp3) is 0.381. The average Bonchev–Trinajstić information content (AvgIpc) is 2.69. The molecule has 5 nitrogen and oxygen atoms in total. The van der Waals surface area contributed by atoms with Gasteiger partial charge in [0.1, 0.15) is 0 Å². The van der Waals surface area contributed by atoms with Crippen LogP contribution in [-0.4, -0.2) is 43.7 Å². The van der Waals surface area contributed by atoms with Crippen molar-refractivity contribution in [3.63, 3.8) is 0 Å². The van der Waals surface area contributed by atoms with Crippen LogP contribution in [0.25, 0.3) is 0 Å². The van der Waals surface area contributed by atoms with Crippen molar-refractivity contribution in [1.29, 1.82) is 0 Å². The zero-order valence-corrected chi connectivity index (χ0v) is 18.3. The quantitative estimate of drug-likeness (QED) is 0.640. The highest BCUT2D eigenvalue weighted by atomic mass is 35.5. The molecule has 0 fully saturated rings. The zero-order chi connectivity index (χ0) is 20.9. The molecule has 0 saturated heterocycles. The molecule has 0 heterocycles. The third-order valence-corrected chi connectivity index (χ3v) is 7.08. The van der Waals surface area contributed by atoms with E-state index >= 15 is 0 Å². The molecule has 152 valence electrons. The highest BCUT2D eigenvalue weighted by Gasteiger charge is 2.24. The third kappa shape index (κ3) is 4.93. The molecular formula is C21H27ClN2O3S. The first-order valence-corrected chi connectivity index (χ1v) is 11.2. The Kier molecular flexibility index (Phi) is 7.63. The number of halogens is 1. The predicted molar refractivity (Wildman–Crippen MR) is 113 cm³/mol. The monoisotopic (exact) mass is 422 g/mol. The molecule has 0 atom stereocenters. The van der Waals surface area contributed by atoms with Gasteiger partial charge in [0.05, 0.1) is 15.5 Å². The molecule has 0 spiro atoms. The molecule has 7 heteroatoms. The Morgan fingerprint density at radius 1 is 0.964 bits per heavy atom. The number of hydrogen-bond donors (Lipinski definition) is 0. The van der Waals surface area contributed by atoms with Crippen molar-refractivity contribution in [2.75, 3.05) is 20.1 Å². The van der Waals surface area contributed by atoms with Crippen molar-refractivity contribution < 1.29 is 13.2 Å². The van der Waals surface area contributed by atoms with Crippen molar-refractivity contribution in [2.24, 2.45) is 0 Å². The molecule has 0 aliphatic carbocycles. The zero-order valence-electron chi connectivity index (χ0n) is 16.8. The SMILES string of the molecule is CCc1ccc(CN(C)C(=O)c2cc(S(=O)(=O)N(CC)CC)ccc2Cl)cc1. The first-order chi connectivity index (χ1) is 13.2. The highest BCUT2D eigenvalue weighted by molar-refractivity contribution is 7.89. The number of amides is 1. The lowest BCUT2D eigenvalue weighted by Crippen LogP contribution is -2.31. The van der Waals surface area contributed by atoms with Crippen LogP contribution in [0.4, 0.5) is 0 Å². The van der Waals surface area contributed by atoms with Gasteiger partial charge in [-0.2, -0.15) is 4.31 Å². The molecule has 0 aliphatic heterocycles. The van der Waals surface area contributed by atoms with Gasteiger partial charge in [-0.1, -0.05) is 56.6 Å². The van der Waals surface area contributed by atoms with E-state index in [1.165, 1.54) is 33.0 Å². The summed E-state index contributed by atoms with van der Waals surface area (Å²) in [5, 5.41) is 0.233. The fourth-order valence-electron chi connectivity index (χ4n) is 2.97. The molecule has 1 amide bonds. The normalized spacial score (nSPS) is 11.6. The average molecular weight is 423 g/mol. The lowest BCUT2D eigenvalue weighted by Gasteiger charge is -2.21. The van der Waals surface area contributed by atoms with Gasteiger partial charge >= 0.3 is 0 Å². The Hall–Kier alpha value is -1.89. The first-order valence-electron chi connectivity index (χ1n) is 9.37. The molecule has 0 radical (unpaired) electrons. The van der Waals surface area contributed by atoms with Crippen LogP contribution in [0.15, 0.2) is 47.4 Å². The summed E-state index contributed by atoms with van der Waals surface area (Å²) in [5.41, 5.74) is 2.41. The van der Waals surface area contributed by atoms with E-state index in [9.17, 15) is 13.2 Å². The summed E-state index contributed by atoms with van der Waals surface area (Å²) in [4.78, 5) is 14.5. The second-order valence-corrected chi connectivity index (χ2v) is 8.91. The molecule has 0 saturated carbocycles. The Labute approximate surface area is 173 Å². The molecule has 0 N–H and O–H groups in total. The number of benzene rings is 2. The van der Waals surface area contributed by atoms with Crippen molar-refractivity contribution in [3.8, 4) is 0 Å². The van der Waals surface area contributed by atoms with Gasteiger partial charge in [0.15, 0.2) is 0 Å². The molecular weight excluding hydrogens is 396 g/mol. The van der Waals surface area contributed by atoms with E-state index < -0.39 is 10.0 Å². The minimum atomic E-state index is -3.66. The molecule has 0 aliphatic rings. The summed E-state index contributed by atoms with van der Waals surface area (Å²) in [6, 6.07) is 12.3. The Morgan fingerprint density at radius 2 is 1.54 bits per heavy atom. The maximum absolute atomic E-state index is 12.9. The maximum atomic E-state index is 12.9. The second kappa shape index (κ2) is 9.54. The van der Waals surface area contributed by atoms with Gasteiger partial charge in [0.2, 0.25) is 10.0 Å². The number of aryl methyl sites for hydroxylation is 1. The van der Waals surface area contributed by atoms with Crippen molar-refractivity contribution in [3.05, 3.63) is 64.2 Å². The number of carbonyl (C=O) groups is 1. The number of carbonyl (C=O) groups excluding carboxylic acids is 1. The Bertz CT molecular complexity index is 923. The molecule has 0 bridgehead atoms. The first kappa shape index (κ1) is 22.4. The summed E-state index contributed by atoms with van der Waals surface area (Å²) < 4.78 is 26.9. The van der Waals surface area contributed by atoms with Crippen LogP contribution in [0.5, 0.6) is 0 Å². The predicted octanol–water partition coefficient (Wildman–Crippen LogP) is 4.21.